The minimum Gasteiger partial charge on any atom is -0.328 e. The van der Waals surface area contributed by atoms with Crippen molar-refractivity contribution in [2.45, 2.75) is 32.2 Å². The summed E-state index contributed by atoms with van der Waals surface area (Å²) < 4.78 is 2.30. The van der Waals surface area contributed by atoms with E-state index in [2.05, 4.69) is 9.88 Å². The number of amides is 2. The number of aromatic nitrogens is 2. The quantitative estimate of drug-likeness (QED) is 0.927. The molecule has 0 saturated carbocycles. The summed E-state index contributed by atoms with van der Waals surface area (Å²) in [6, 6.07) is 5.87. The van der Waals surface area contributed by atoms with E-state index < -0.39 is 0 Å². The minimum atomic E-state index is -0.161. The number of rotatable bonds is 3. The summed E-state index contributed by atoms with van der Waals surface area (Å²) in [6.45, 7) is 1.13. The highest BCUT2D eigenvalue weighted by Crippen LogP contribution is 2.24. The first-order valence-corrected chi connectivity index (χ1v) is 9.51. The van der Waals surface area contributed by atoms with Gasteiger partial charge in [0.15, 0.2) is 0 Å². The van der Waals surface area contributed by atoms with Gasteiger partial charge in [0.05, 0.1) is 22.7 Å². The molecule has 4 rings (SSSR count). The van der Waals surface area contributed by atoms with Gasteiger partial charge in [-0.3, -0.25) is 9.59 Å². The molecule has 0 spiro atoms. The zero-order chi connectivity index (χ0) is 16.5. The maximum atomic E-state index is 12.2. The summed E-state index contributed by atoms with van der Waals surface area (Å²) in [5.41, 5.74) is 2.80. The average Bonchev–Trinajstić information content (AvgIpc) is 3.02. The van der Waals surface area contributed by atoms with Gasteiger partial charge >= 0.3 is 0 Å². The van der Waals surface area contributed by atoms with E-state index in [1.54, 1.807) is 16.7 Å². The van der Waals surface area contributed by atoms with Crippen LogP contribution in [0, 0.1) is 0 Å². The normalized spacial score (nSPS) is 17.8. The first kappa shape index (κ1) is 15.5. The van der Waals surface area contributed by atoms with Crippen LogP contribution in [0.5, 0.6) is 0 Å². The molecular weight excluding hydrogens is 324 g/mol. The summed E-state index contributed by atoms with van der Waals surface area (Å²) in [4.78, 5) is 30.1. The van der Waals surface area contributed by atoms with Crippen molar-refractivity contribution in [1.29, 1.82) is 0 Å². The van der Waals surface area contributed by atoms with E-state index in [4.69, 9.17) is 4.98 Å². The van der Waals surface area contributed by atoms with Crippen molar-refractivity contribution in [2.24, 2.45) is 0 Å². The molecule has 0 aliphatic carbocycles. The lowest BCUT2D eigenvalue weighted by Crippen LogP contribution is -2.34. The Balaban J connectivity index is 1.50. The summed E-state index contributed by atoms with van der Waals surface area (Å²) in [7, 11) is 0. The van der Waals surface area contributed by atoms with Crippen LogP contribution in [0.1, 0.15) is 25.1 Å². The second-order valence-electron chi connectivity index (χ2n) is 6.31. The number of carbonyl (C=O) groups excluding carboxylic acids is 2. The van der Waals surface area contributed by atoms with E-state index in [1.165, 1.54) is 19.3 Å². The average molecular weight is 344 g/mol. The van der Waals surface area contributed by atoms with Crippen LogP contribution in [0.15, 0.2) is 18.2 Å². The summed E-state index contributed by atoms with van der Waals surface area (Å²) in [5, 5.41) is 2.88. The molecule has 1 saturated heterocycles. The highest BCUT2D eigenvalue weighted by Gasteiger charge is 2.23. The number of anilines is 1. The van der Waals surface area contributed by atoms with Gasteiger partial charge in [-0.1, -0.05) is 6.42 Å². The lowest BCUT2D eigenvalue weighted by Gasteiger charge is -2.14. The Kier molecular flexibility index (Phi) is 4.18. The molecule has 24 heavy (non-hydrogen) atoms. The Hall–Kier alpha value is -2.02. The van der Waals surface area contributed by atoms with Crippen LogP contribution < -0.4 is 5.32 Å². The van der Waals surface area contributed by atoms with Gasteiger partial charge in [0, 0.05) is 18.7 Å². The first-order chi connectivity index (χ1) is 11.7. The predicted octanol–water partition coefficient (Wildman–Crippen LogP) is 2.23. The van der Waals surface area contributed by atoms with E-state index in [1.807, 2.05) is 18.2 Å². The zero-order valence-electron chi connectivity index (χ0n) is 13.5. The molecule has 6 nitrogen and oxygen atoms in total. The zero-order valence-corrected chi connectivity index (χ0v) is 14.3. The molecule has 2 aromatic rings. The monoisotopic (exact) mass is 344 g/mol. The predicted molar refractivity (Wildman–Crippen MR) is 95.0 cm³/mol. The number of fused-ring (bicyclic) bond motifs is 3. The van der Waals surface area contributed by atoms with Gasteiger partial charge in [0.25, 0.3) is 0 Å². The molecule has 1 aromatic heterocycles. The minimum absolute atomic E-state index is 0.0310. The maximum Gasteiger partial charge on any atom is 0.244 e. The van der Waals surface area contributed by atoms with Gasteiger partial charge in [-0.25, -0.2) is 4.98 Å². The highest BCUT2D eigenvalue weighted by molar-refractivity contribution is 8.00. The van der Waals surface area contributed by atoms with Crippen LogP contribution >= 0.6 is 11.8 Å². The molecule has 0 atom stereocenters. The Bertz CT molecular complexity index is 801. The van der Waals surface area contributed by atoms with Gasteiger partial charge in [0.1, 0.15) is 12.4 Å². The number of nitrogens with zero attached hydrogens (tertiary/aromatic N) is 3. The number of hydrogen-bond donors (Lipinski definition) is 1. The lowest BCUT2D eigenvalue weighted by atomic mass is 10.2. The fraction of sp³-hybridized carbons (Fsp3) is 0.471. The topological polar surface area (TPSA) is 67.2 Å². The van der Waals surface area contributed by atoms with Crippen molar-refractivity contribution in [3.63, 3.8) is 0 Å². The van der Waals surface area contributed by atoms with E-state index in [0.29, 0.717) is 11.6 Å². The molecule has 2 aliphatic rings. The van der Waals surface area contributed by atoms with Gasteiger partial charge in [-0.2, -0.15) is 0 Å². The molecule has 2 aliphatic heterocycles. The SMILES string of the molecule is O=C(CN1CSCC1=O)Nc1ccc2c(c1)nc1n2CCCCC1. The molecule has 1 aromatic carbocycles. The Morgan fingerprint density at radius 2 is 2.21 bits per heavy atom. The second kappa shape index (κ2) is 6.47. The van der Waals surface area contributed by atoms with Gasteiger partial charge in [0.2, 0.25) is 11.8 Å². The van der Waals surface area contributed by atoms with Gasteiger partial charge in [-0.05, 0) is 31.0 Å². The van der Waals surface area contributed by atoms with Crippen molar-refractivity contribution < 1.29 is 9.59 Å². The van der Waals surface area contributed by atoms with Crippen LogP contribution in [0.3, 0.4) is 0 Å². The number of carbonyl (C=O) groups is 2. The number of hydrogen-bond acceptors (Lipinski definition) is 4. The van der Waals surface area contributed by atoms with E-state index in [9.17, 15) is 9.59 Å². The van der Waals surface area contributed by atoms with E-state index in [-0.39, 0.29) is 18.4 Å². The van der Waals surface area contributed by atoms with Crippen LogP contribution in [0.2, 0.25) is 0 Å². The molecule has 0 radical (unpaired) electrons. The van der Waals surface area contributed by atoms with Crippen molar-refractivity contribution in [3.8, 4) is 0 Å². The molecule has 1 N–H and O–H groups in total. The third-order valence-electron chi connectivity index (χ3n) is 4.55. The molecule has 2 amide bonds. The highest BCUT2D eigenvalue weighted by atomic mass is 32.2. The van der Waals surface area contributed by atoms with Crippen molar-refractivity contribution in [3.05, 3.63) is 24.0 Å². The number of aryl methyl sites for hydroxylation is 2. The van der Waals surface area contributed by atoms with Crippen LogP contribution in [0.25, 0.3) is 11.0 Å². The summed E-state index contributed by atoms with van der Waals surface area (Å²) >= 11 is 1.54. The fourth-order valence-corrected chi connectivity index (χ4v) is 4.25. The van der Waals surface area contributed by atoms with Crippen molar-refractivity contribution >= 4 is 40.3 Å². The van der Waals surface area contributed by atoms with Crippen LogP contribution in [0.4, 0.5) is 5.69 Å². The Labute approximate surface area is 144 Å². The third-order valence-corrected chi connectivity index (χ3v) is 5.50. The lowest BCUT2D eigenvalue weighted by molar-refractivity contribution is -0.130. The molecule has 1 fully saturated rings. The second-order valence-corrected chi connectivity index (χ2v) is 7.27. The molecule has 0 unspecified atom stereocenters. The number of thioether (sulfide) groups is 1. The fourth-order valence-electron chi connectivity index (χ4n) is 3.34. The molecule has 3 heterocycles. The van der Waals surface area contributed by atoms with Crippen molar-refractivity contribution in [2.75, 3.05) is 23.5 Å². The Morgan fingerprint density at radius 1 is 1.29 bits per heavy atom. The standard InChI is InChI=1S/C17H20N4O2S/c22-16(9-20-11-24-10-17(20)23)18-12-5-6-14-13(8-12)19-15-4-2-1-3-7-21(14)15/h5-6,8H,1-4,7,9-11H2,(H,18,22). The first-order valence-electron chi connectivity index (χ1n) is 8.35. The smallest absolute Gasteiger partial charge is 0.244 e. The van der Waals surface area contributed by atoms with Crippen LogP contribution in [-0.2, 0) is 22.6 Å². The maximum absolute atomic E-state index is 12.2. The van der Waals surface area contributed by atoms with Crippen molar-refractivity contribution in [1.82, 2.24) is 14.5 Å². The van der Waals surface area contributed by atoms with Crippen LogP contribution in [-0.4, -0.2) is 44.4 Å². The number of imidazole rings is 1. The van der Waals surface area contributed by atoms with E-state index in [0.717, 1.165) is 35.5 Å². The summed E-state index contributed by atoms with van der Waals surface area (Å²) in [5.74, 6) is 2.08. The molecule has 7 heteroatoms. The summed E-state index contributed by atoms with van der Waals surface area (Å²) in [6.07, 6.45) is 4.66. The number of benzene rings is 1. The largest absolute Gasteiger partial charge is 0.328 e. The van der Waals surface area contributed by atoms with Gasteiger partial charge < -0.3 is 14.8 Å². The van der Waals surface area contributed by atoms with Gasteiger partial charge in [-0.15, -0.1) is 11.8 Å². The molecular formula is C17H20N4O2S. The molecule has 0 bridgehead atoms. The Morgan fingerprint density at radius 3 is 3.04 bits per heavy atom. The molecule has 126 valence electrons. The number of nitrogens with one attached hydrogen (secondary N) is 1. The van der Waals surface area contributed by atoms with E-state index >= 15 is 0 Å². The third kappa shape index (κ3) is 3.00.